The number of aryl methyl sites for hydroxylation is 1. The number of amides is 1. The summed E-state index contributed by atoms with van der Waals surface area (Å²) < 4.78 is 43.5. The lowest BCUT2D eigenvalue weighted by Gasteiger charge is -2.14. The van der Waals surface area contributed by atoms with Crippen LogP contribution in [-0.2, 0) is 7.05 Å². The lowest BCUT2D eigenvalue weighted by Crippen LogP contribution is -2.26. The summed E-state index contributed by atoms with van der Waals surface area (Å²) in [5.41, 5.74) is -0.553. The van der Waals surface area contributed by atoms with Crippen LogP contribution in [0.25, 0.3) is 16.5 Å². The summed E-state index contributed by atoms with van der Waals surface area (Å²) in [6.07, 6.45) is -3.48. The van der Waals surface area contributed by atoms with Crippen molar-refractivity contribution in [1.82, 2.24) is 19.7 Å². The molecule has 0 bridgehead atoms. The lowest BCUT2D eigenvalue weighted by molar-refractivity contribution is -0.274. The molecule has 2 heterocycles. The molecule has 0 saturated carbocycles. The van der Waals surface area contributed by atoms with Crippen LogP contribution in [0.4, 0.5) is 24.7 Å². The summed E-state index contributed by atoms with van der Waals surface area (Å²) in [6.45, 7) is 0. The fourth-order valence-electron chi connectivity index (χ4n) is 3.44. The minimum absolute atomic E-state index is 0.0328. The number of ether oxygens (including phenoxy) is 1. The van der Waals surface area contributed by atoms with Crippen molar-refractivity contribution in [3.05, 3.63) is 87.1 Å². The second-order valence-electron chi connectivity index (χ2n) is 7.42. The number of fused-ring (bicyclic) bond motifs is 1. The van der Waals surface area contributed by atoms with Crippen LogP contribution in [0, 0.1) is 0 Å². The van der Waals surface area contributed by atoms with E-state index in [2.05, 4.69) is 20.5 Å². The van der Waals surface area contributed by atoms with Gasteiger partial charge in [0.2, 0.25) is 0 Å². The highest BCUT2D eigenvalue weighted by Gasteiger charge is 2.31. The molecule has 0 aliphatic carbocycles. The lowest BCUT2D eigenvalue weighted by atomic mass is 10.1. The van der Waals surface area contributed by atoms with Gasteiger partial charge in [-0.15, -0.1) is 18.3 Å². The molecule has 0 atom stereocenters. The summed E-state index contributed by atoms with van der Waals surface area (Å²) in [4.78, 5) is 37.9. The molecule has 180 valence electrons. The average molecular weight is 485 g/mol. The number of carbonyl (C=O) groups is 1. The summed E-state index contributed by atoms with van der Waals surface area (Å²) >= 11 is 0. The third kappa shape index (κ3) is 4.86. The van der Waals surface area contributed by atoms with Crippen molar-refractivity contribution >= 4 is 28.2 Å². The molecule has 12 heteroatoms. The molecule has 1 amide bonds. The number of hydrogen-bond donors (Lipinski definition) is 2. The standard InChI is InChI=1S/C23H18F3N5O4/c1-27-20(32)13-11-18(22(34)30(2)12-13)28-19-16-5-3-4-6-17(16)21(33)31(29-19)14-7-9-15(10-8-14)35-23(24,25)26/h3-12H,1-2H3,(H,27,32)(H,28,29). The molecule has 2 aromatic heterocycles. The van der Waals surface area contributed by atoms with Gasteiger partial charge in [0.15, 0.2) is 5.82 Å². The number of halogens is 3. The molecule has 2 aromatic carbocycles. The summed E-state index contributed by atoms with van der Waals surface area (Å²) in [7, 11) is 2.94. The first-order valence-electron chi connectivity index (χ1n) is 10.2. The van der Waals surface area contributed by atoms with E-state index in [1.165, 1.54) is 43.1 Å². The largest absolute Gasteiger partial charge is 0.573 e. The van der Waals surface area contributed by atoms with Gasteiger partial charge in [0.1, 0.15) is 11.4 Å². The molecule has 0 aliphatic heterocycles. The number of carbonyl (C=O) groups excluding carboxylic acids is 1. The maximum atomic E-state index is 13.1. The van der Waals surface area contributed by atoms with Crippen LogP contribution in [0.15, 0.2) is 70.4 Å². The zero-order valence-corrected chi connectivity index (χ0v) is 18.4. The Morgan fingerprint density at radius 2 is 1.66 bits per heavy atom. The number of rotatable bonds is 5. The van der Waals surface area contributed by atoms with Gasteiger partial charge in [-0.2, -0.15) is 4.68 Å². The predicted molar refractivity (Wildman–Crippen MR) is 122 cm³/mol. The Hall–Kier alpha value is -4.61. The fourth-order valence-corrected chi connectivity index (χ4v) is 3.44. The number of pyridine rings is 1. The highest BCUT2D eigenvalue weighted by atomic mass is 19.4. The molecule has 0 spiro atoms. The van der Waals surface area contributed by atoms with E-state index in [9.17, 15) is 27.6 Å². The molecule has 0 fully saturated rings. The molecule has 9 nitrogen and oxygen atoms in total. The Morgan fingerprint density at radius 3 is 2.29 bits per heavy atom. The van der Waals surface area contributed by atoms with Crippen molar-refractivity contribution in [3.8, 4) is 11.4 Å². The average Bonchev–Trinajstić information content (AvgIpc) is 2.82. The Kier molecular flexibility index (Phi) is 6.03. The molecule has 2 N–H and O–H groups in total. The highest BCUT2D eigenvalue weighted by molar-refractivity contribution is 5.96. The molecular weight excluding hydrogens is 467 g/mol. The molecule has 35 heavy (non-hydrogen) atoms. The summed E-state index contributed by atoms with van der Waals surface area (Å²) in [5.74, 6) is -0.738. The van der Waals surface area contributed by atoms with Crippen molar-refractivity contribution < 1.29 is 22.7 Å². The van der Waals surface area contributed by atoms with E-state index in [0.29, 0.717) is 5.39 Å². The minimum atomic E-state index is -4.86. The van der Waals surface area contributed by atoms with Gasteiger partial charge in [-0.25, -0.2) is 0 Å². The Morgan fingerprint density at radius 1 is 1.00 bits per heavy atom. The number of aromatic nitrogens is 3. The molecule has 0 radical (unpaired) electrons. The zero-order valence-electron chi connectivity index (χ0n) is 18.4. The Balaban J connectivity index is 1.84. The second-order valence-corrected chi connectivity index (χ2v) is 7.42. The van der Waals surface area contributed by atoms with Crippen LogP contribution in [0.3, 0.4) is 0 Å². The topological polar surface area (TPSA) is 107 Å². The first-order chi connectivity index (χ1) is 16.6. The van der Waals surface area contributed by atoms with E-state index in [1.807, 2.05) is 0 Å². The second kappa shape index (κ2) is 8.97. The number of nitrogens with one attached hydrogen (secondary N) is 2. The normalized spacial score (nSPS) is 11.3. The van der Waals surface area contributed by atoms with Crippen LogP contribution in [0.2, 0.25) is 0 Å². The fraction of sp³-hybridized carbons (Fsp3) is 0.130. The van der Waals surface area contributed by atoms with Gasteiger partial charge in [0.05, 0.1) is 16.6 Å². The van der Waals surface area contributed by atoms with E-state index in [-0.39, 0.29) is 28.1 Å². The Labute approximate surface area is 195 Å². The van der Waals surface area contributed by atoms with Crippen LogP contribution >= 0.6 is 0 Å². The number of hydrogen-bond acceptors (Lipinski definition) is 6. The van der Waals surface area contributed by atoms with E-state index < -0.39 is 29.1 Å². The molecule has 4 aromatic rings. The Bertz CT molecular complexity index is 1540. The summed E-state index contributed by atoms with van der Waals surface area (Å²) in [6, 6.07) is 12.5. The molecule has 4 rings (SSSR count). The van der Waals surface area contributed by atoms with Crippen LogP contribution in [-0.4, -0.2) is 33.7 Å². The van der Waals surface area contributed by atoms with Crippen LogP contribution in [0.1, 0.15) is 10.4 Å². The third-order valence-corrected chi connectivity index (χ3v) is 5.05. The zero-order chi connectivity index (χ0) is 25.3. The van der Waals surface area contributed by atoms with Crippen molar-refractivity contribution in [2.75, 3.05) is 12.4 Å². The van der Waals surface area contributed by atoms with Gasteiger partial charge in [0, 0.05) is 25.7 Å². The minimum Gasteiger partial charge on any atom is -0.406 e. The third-order valence-electron chi connectivity index (χ3n) is 5.05. The number of anilines is 2. The molecule has 0 saturated heterocycles. The van der Waals surface area contributed by atoms with Crippen LogP contribution < -0.4 is 26.5 Å². The van der Waals surface area contributed by atoms with Crippen molar-refractivity contribution in [2.45, 2.75) is 6.36 Å². The van der Waals surface area contributed by atoms with E-state index >= 15 is 0 Å². The molecular formula is C23H18F3N5O4. The molecule has 0 unspecified atom stereocenters. The maximum absolute atomic E-state index is 13.1. The SMILES string of the molecule is CNC(=O)c1cc(Nc2nn(-c3ccc(OC(F)(F)F)cc3)c(=O)c3ccccc23)c(=O)n(C)c1. The first-order valence-corrected chi connectivity index (χ1v) is 10.2. The quantitative estimate of drug-likeness (QED) is 0.450. The van der Waals surface area contributed by atoms with Gasteiger partial charge in [0.25, 0.3) is 17.0 Å². The van der Waals surface area contributed by atoms with Gasteiger partial charge in [-0.1, -0.05) is 18.2 Å². The predicted octanol–water partition coefficient (Wildman–Crippen LogP) is 3.09. The van der Waals surface area contributed by atoms with Crippen molar-refractivity contribution in [2.24, 2.45) is 7.05 Å². The maximum Gasteiger partial charge on any atom is 0.573 e. The van der Waals surface area contributed by atoms with E-state index in [4.69, 9.17) is 0 Å². The van der Waals surface area contributed by atoms with E-state index in [1.54, 1.807) is 24.3 Å². The van der Waals surface area contributed by atoms with Gasteiger partial charge in [-0.05, 0) is 36.4 Å². The monoisotopic (exact) mass is 485 g/mol. The van der Waals surface area contributed by atoms with E-state index in [0.717, 1.165) is 16.8 Å². The summed E-state index contributed by atoms with van der Waals surface area (Å²) in [5, 5.41) is 10.3. The number of nitrogens with zero attached hydrogens (tertiary/aromatic N) is 3. The smallest absolute Gasteiger partial charge is 0.406 e. The number of alkyl halides is 3. The van der Waals surface area contributed by atoms with Crippen molar-refractivity contribution in [1.29, 1.82) is 0 Å². The van der Waals surface area contributed by atoms with Gasteiger partial charge < -0.3 is 19.9 Å². The van der Waals surface area contributed by atoms with Gasteiger partial charge >= 0.3 is 6.36 Å². The van der Waals surface area contributed by atoms with Gasteiger partial charge in [-0.3, -0.25) is 14.4 Å². The first kappa shape index (κ1) is 23.5. The van der Waals surface area contributed by atoms with Crippen molar-refractivity contribution in [3.63, 3.8) is 0 Å². The van der Waals surface area contributed by atoms with Crippen LogP contribution in [0.5, 0.6) is 5.75 Å². The molecule has 0 aliphatic rings. The highest BCUT2D eigenvalue weighted by Crippen LogP contribution is 2.25. The number of benzene rings is 2.